The highest BCUT2D eigenvalue weighted by molar-refractivity contribution is 5.94. The molecule has 0 saturated heterocycles. The number of nitrogens with one attached hydrogen (secondary N) is 3. The molecule has 2 amide bonds. The lowest BCUT2D eigenvalue weighted by molar-refractivity contribution is -0.117. The highest BCUT2D eigenvalue weighted by Crippen LogP contribution is 2.17. The lowest BCUT2D eigenvalue weighted by atomic mass is 10.1. The maximum Gasteiger partial charge on any atom is 0.243 e. The zero-order valence-corrected chi connectivity index (χ0v) is 18.3. The monoisotopic (exact) mass is 411 g/mol. The molecular formula is C24H33N3O3. The smallest absolute Gasteiger partial charge is 0.243 e. The average Bonchev–Trinajstić information content (AvgIpc) is 2.68. The fraction of sp³-hybridized carbons (Fsp3) is 0.417. The van der Waals surface area contributed by atoms with Crippen LogP contribution in [0.25, 0.3) is 0 Å². The van der Waals surface area contributed by atoms with Crippen LogP contribution in [-0.4, -0.2) is 25.0 Å². The van der Waals surface area contributed by atoms with Crippen molar-refractivity contribution in [2.45, 2.75) is 40.5 Å². The second-order valence-corrected chi connectivity index (χ2v) is 8.18. The molecule has 0 aliphatic carbocycles. The first-order valence-corrected chi connectivity index (χ1v) is 10.5. The summed E-state index contributed by atoms with van der Waals surface area (Å²) in [5.74, 6) is 1.59. The van der Waals surface area contributed by atoms with Gasteiger partial charge in [0.05, 0.1) is 13.2 Å². The van der Waals surface area contributed by atoms with E-state index in [0.717, 1.165) is 17.9 Å². The van der Waals surface area contributed by atoms with Gasteiger partial charge in [-0.25, -0.2) is 0 Å². The van der Waals surface area contributed by atoms with Crippen molar-refractivity contribution >= 4 is 28.9 Å². The Kier molecular flexibility index (Phi) is 9.19. The Morgan fingerprint density at radius 2 is 1.30 bits per heavy atom. The van der Waals surface area contributed by atoms with Gasteiger partial charge in [0.25, 0.3) is 0 Å². The van der Waals surface area contributed by atoms with Crippen LogP contribution in [-0.2, 0) is 9.59 Å². The van der Waals surface area contributed by atoms with Crippen molar-refractivity contribution in [3.8, 4) is 5.75 Å². The fourth-order valence-corrected chi connectivity index (χ4v) is 2.69. The van der Waals surface area contributed by atoms with E-state index in [1.165, 1.54) is 0 Å². The summed E-state index contributed by atoms with van der Waals surface area (Å²) < 4.78 is 5.70. The Hall–Kier alpha value is -3.02. The van der Waals surface area contributed by atoms with Crippen molar-refractivity contribution in [1.29, 1.82) is 0 Å². The SMILES string of the molecule is CC(C)CCOc1ccc(NCC(=O)Nc2ccc(NC(=O)CC(C)C)cc2)cc1. The van der Waals surface area contributed by atoms with Crippen LogP contribution in [0.1, 0.15) is 40.5 Å². The van der Waals surface area contributed by atoms with Crippen LogP contribution in [0.4, 0.5) is 17.1 Å². The molecule has 0 aliphatic heterocycles. The van der Waals surface area contributed by atoms with E-state index >= 15 is 0 Å². The second kappa shape index (κ2) is 11.9. The molecule has 0 bridgehead atoms. The highest BCUT2D eigenvalue weighted by Gasteiger charge is 2.06. The van der Waals surface area contributed by atoms with E-state index in [4.69, 9.17) is 4.74 Å². The Morgan fingerprint density at radius 1 is 0.767 bits per heavy atom. The molecule has 0 atom stereocenters. The maximum atomic E-state index is 12.2. The van der Waals surface area contributed by atoms with Crippen molar-refractivity contribution in [1.82, 2.24) is 0 Å². The summed E-state index contributed by atoms with van der Waals surface area (Å²) in [6.45, 7) is 9.20. The van der Waals surface area contributed by atoms with Gasteiger partial charge < -0.3 is 20.7 Å². The van der Waals surface area contributed by atoms with Crippen LogP contribution in [0, 0.1) is 11.8 Å². The van der Waals surface area contributed by atoms with Gasteiger partial charge in [0.2, 0.25) is 11.8 Å². The van der Waals surface area contributed by atoms with E-state index < -0.39 is 0 Å². The number of anilines is 3. The van der Waals surface area contributed by atoms with Crippen molar-refractivity contribution < 1.29 is 14.3 Å². The Balaban J connectivity index is 1.74. The summed E-state index contributed by atoms with van der Waals surface area (Å²) in [5.41, 5.74) is 2.25. The number of hydrogen-bond donors (Lipinski definition) is 3. The number of amides is 2. The first-order valence-electron chi connectivity index (χ1n) is 10.5. The van der Waals surface area contributed by atoms with E-state index in [9.17, 15) is 9.59 Å². The van der Waals surface area contributed by atoms with Crippen molar-refractivity contribution in [2.24, 2.45) is 11.8 Å². The number of rotatable bonds is 11. The third-order valence-electron chi connectivity index (χ3n) is 4.32. The molecule has 0 aliphatic rings. The summed E-state index contributed by atoms with van der Waals surface area (Å²) in [5, 5.41) is 8.78. The van der Waals surface area contributed by atoms with E-state index in [1.807, 2.05) is 38.1 Å². The van der Waals surface area contributed by atoms with Gasteiger partial charge in [-0.05, 0) is 66.8 Å². The summed E-state index contributed by atoms with van der Waals surface area (Å²) >= 11 is 0. The van der Waals surface area contributed by atoms with E-state index in [0.29, 0.717) is 36.2 Å². The lowest BCUT2D eigenvalue weighted by Gasteiger charge is -2.11. The van der Waals surface area contributed by atoms with Crippen molar-refractivity contribution in [2.75, 3.05) is 29.1 Å². The molecule has 30 heavy (non-hydrogen) atoms. The number of benzene rings is 2. The fourth-order valence-electron chi connectivity index (χ4n) is 2.69. The highest BCUT2D eigenvalue weighted by atomic mass is 16.5. The molecule has 0 radical (unpaired) electrons. The summed E-state index contributed by atoms with van der Waals surface area (Å²) in [4.78, 5) is 24.0. The lowest BCUT2D eigenvalue weighted by Crippen LogP contribution is -2.21. The van der Waals surface area contributed by atoms with Crippen LogP contribution < -0.4 is 20.7 Å². The molecule has 0 aromatic heterocycles. The molecule has 6 nitrogen and oxygen atoms in total. The summed E-state index contributed by atoms with van der Waals surface area (Å²) in [6.07, 6.45) is 1.50. The summed E-state index contributed by atoms with van der Waals surface area (Å²) in [7, 11) is 0. The molecule has 0 spiro atoms. The average molecular weight is 412 g/mol. The minimum atomic E-state index is -0.149. The predicted molar refractivity (Wildman–Crippen MR) is 123 cm³/mol. The van der Waals surface area contributed by atoms with E-state index in [2.05, 4.69) is 29.8 Å². The van der Waals surface area contributed by atoms with Gasteiger partial charge in [-0.3, -0.25) is 9.59 Å². The van der Waals surface area contributed by atoms with Gasteiger partial charge in [-0.15, -0.1) is 0 Å². The molecule has 0 saturated carbocycles. The van der Waals surface area contributed by atoms with Crippen LogP contribution in [0.15, 0.2) is 48.5 Å². The maximum absolute atomic E-state index is 12.2. The van der Waals surface area contributed by atoms with Crippen LogP contribution >= 0.6 is 0 Å². The van der Waals surface area contributed by atoms with Gasteiger partial charge in [0.15, 0.2) is 0 Å². The normalized spacial score (nSPS) is 10.7. The number of carbonyl (C=O) groups is 2. The third-order valence-corrected chi connectivity index (χ3v) is 4.32. The van der Waals surface area contributed by atoms with Crippen LogP contribution in [0.3, 0.4) is 0 Å². The first-order chi connectivity index (χ1) is 14.3. The quantitative estimate of drug-likeness (QED) is 0.478. The topological polar surface area (TPSA) is 79.5 Å². The molecule has 3 N–H and O–H groups in total. The van der Waals surface area contributed by atoms with Gasteiger partial charge in [0.1, 0.15) is 5.75 Å². The number of carbonyl (C=O) groups excluding carboxylic acids is 2. The number of hydrogen-bond acceptors (Lipinski definition) is 4. The third kappa shape index (κ3) is 8.99. The van der Waals surface area contributed by atoms with E-state index in [1.54, 1.807) is 24.3 Å². The first kappa shape index (κ1) is 23.3. The zero-order chi connectivity index (χ0) is 21.9. The molecule has 162 valence electrons. The van der Waals surface area contributed by atoms with Crippen LogP contribution in [0.2, 0.25) is 0 Å². The molecule has 0 heterocycles. The minimum absolute atomic E-state index is 0.0117. The van der Waals surface area contributed by atoms with E-state index in [-0.39, 0.29) is 18.4 Å². The van der Waals surface area contributed by atoms with Gasteiger partial charge in [0, 0.05) is 23.5 Å². The Bertz CT molecular complexity index is 799. The summed E-state index contributed by atoms with van der Waals surface area (Å²) in [6, 6.07) is 14.7. The standard InChI is InChI=1S/C24H33N3O3/c1-17(2)13-14-30-22-11-9-19(10-12-22)25-16-24(29)27-21-7-5-20(6-8-21)26-23(28)15-18(3)4/h5-12,17-18,25H,13-16H2,1-4H3,(H,26,28)(H,27,29). The molecule has 0 unspecified atom stereocenters. The Morgan fingerprint density at radius 3 is 1.83 bits per heavy atom. The molecule has 6 heteroatoms. The molecule has 2 rings (SSSR count). The van der Waals surface area contributed by atoms with Gasteiger partial charge in [-0.2, -0.15) is 0 Å². The molecule has 2 aromatic rings. The molecule has 2 aromatic carbocycles. The Labute approximate surface area is 179 Å². The van der Waals surface area contributed by atoms with Crippen molar-refractivity contribution in [3.05, 3.63) is 48.5 Å². The predicted octanol–water partition coefficient (Wildman–Crippen LogP) is 5.15. The van der Waals surface area contributed by atoms with Crippen molar-refractivity contribution in [3.63, 3.8) is 0 Å². The second-order valence-electron chi connectivity index (χ2n) is 8.18. The molecule has 0 fully saturated rings. The van der Waals surface area contributed by atoms with Crippen LogP contribution in [0.5, 0.6) is 5.75 Å². The van der Waals surface area contributed by atoms with Gasteiger partial charge in [-0.1, -0.05) is 27.7 Å². The zero-order valence-electron chi connectivity index (χ0n) is 18.3. The number of ether oxygens (including phenoxy) is 1. The van der Waals surface area contributed by atoms with Gasteiger partial charge >= 0.3 is 0 Å². The minimum Gasteiger partial charge on any atom is -0.494 e. The largest absolute Gasteiger partial charge is 0.494 e. The molecular weight excluding hydrogens is 378 g/mol.